The fourth-order valence-electron chi connectivity index (χ4n) is 1.28. The molecule has 1 aromatic carbocycles. The zero-order chi connectivity index (χ0) is 13.1. The molecule has 18 heavy (non-hydrogen) atoms. The van der Waals surface area contributed by atoms with Crippen LogP contribution >= 0.6 is 23.2 Å². The number of ether oxygens (including phenoxy) is 1. The van der Waals surface area contributed by atoms with Crippen LogP contribution in [-0.2, 0) is 0 Å². The molecule has 92 valence electrons. The van der Waals surface area contributed by atoms with Crippen LogP contribution in [0.15, 0.2) is 36.5 Å². The Morgan fingerprint density at radius 2 is 2.00 bits per heavy atom. The zero-order valence-corrected chi connectivity index (χ0v) is 10.7. The van der Waals surface area contributed by atoms with Crippen LogP contribution in [0, 0.1) is 5.41 Å². The molecule has 0 aliphatic heterocycles. The zero-order valence-electron chi connectivity index (χ0n) is 9.15. The Bertz CT molecular complexity index is 584. The summed E-state index contributed by atoms with van der Waals surface area (Å²) in [7, 11) is 0. The van der Waals surface area contributed by atoms with E-state index in [1.54, 1.807) is 30.3 Å². The summed E-state index contributed by atoms with van der Waals surface area (Å²) in [6.45, 7) is 0. The topological polar surface area (TPSA) is 72.0 Å². The van der Waals surface area contributed by atoms with Gasteiger partial charge in [0.2, 0.25) is 5.88 Å². The second-order valence-electron chi connectivity index (χ2n) is 3.45. The van der Waals surface area contributed by atoms with E-state index in [1.807, 2.05) is 0 Å². The standard InChI is InChI=1S/C12H9Cl2N3O/c13-8-2-1-3-9(11(8)14)18-10-5-4-7(6-17-10)12(15)16/h1-6H,(H3,15,16). The summed E-state index contributed by atoms with van der Waals surface area (Å²) in [5, 5.41) is 7.99. The van der Waals surface area contributed by atoms with Crippen molar-refractivity contribution in [3.05, 3.63) is 52.1 Å². The van der Waals surface area contributed by atoms with Gasteiger partial charge in [-0.3, -0.25) is 5.41 Å². The van der Waals surface area contributed by atoms with Crippen LogP contribution in [0.1, 0.15) is 5.56 Å². The molecule has 2 aromatic rings. The predicted molar refractivity (Wildman–Crippen MR) is 71.8 cm³/mol. The lowest BCUT2D eigenvalue weighted by Gasteiger charge is -2.07. The van der Waals surface area contributed by atoms with Crippen LogP contribution in [0.5, 0.6) is 11.6 Å². The van der Waals surface area contributed by atoms with Crippen LogP contribution in [-0.4, -0.2) is 10.8 Å². The number of nitrogens with zero attached hydrogens (tertiary/aromatic N) is 1. The van der Waals surface area contributed by atoms with Gasteiger partial charge in [0.1, 0.15) is 16.6 Å². The van der Waals surface area contributed by atoms with Gasteiger partial charge in [-0.1, -0.05) is 29.3 Å². The van der Waals surface area contributed by atoms with Gasteiger partial charge in [-0.2, -0.15) is 0 Å². The number of rotatable bonds is 3. The van der Waals surface area contributed by atoms with Gasteiger partial charge < -0.3 is 10.5 Å². The molecule has 2 rings (SSSR count). The van der Waals surface area contributed by atoms with Crippen LogP contribution in [0.3, 0.4) is 0 Å². The Balaban J connectivity index is 2.24. The summed E-state index contributed by atoms with van der Waals surface area (Å²) in [5.74, 6) is 0.728. The summed E-state index contributed by atoms with van der Waals surface area (Å²) in [6, 6.07) is 8.34. The van der Waals surface area contributed by atoms with E-state index in [2.05, 4.69) is 4.98 Å². The van der Waals surface area contributed by atoms with Crippen molar-refractivity contribution in [1.29, 1.82) is 5.41 Å². The van der Waals surface area contributed by atoms with Gasteiger partial charge in [0.25, 0.3) is 0 Å². The van der Waals surface area contributed by atoms with Crippen molar-refractivity contribution in [2.75, 3.05) is 0 Å². The third-order valence-corrected chi connectivity index (χ3v) is 2.98. The SMILES string of the molecule is N=C(N)c1ccc(Oc2cccc(Cl)c2Cl)nc1. The van der Waals surface area contributed by atoms with E-state index in [4.69, 9.17) is 39.1 Å². The highest BCUT2D eigenvalue weighted by atomic mass is 35.5. The lowest BCUT2D eigenvalue weighted by molar-refractivity contribution is 0.463. The normalized spacial score (nSPS) is 10.1. The molecule has 0 fully saturated rings. The van der Waals surface area contributed by atoms with Crippen LogP contribution in [0.2, 0.25) is 10.0 Å². The first-order chi connectivity index (χ1) is 8.58. The number of nitrogens with one attached hydrogen (secondary N) is 1. The van der Waals surface area contributed by atoms with E-state index in [0.29, 0.717) is 27.2 Å². The molecule has 0 radical (unpaired) electrons. The first kappa shape index (κ1) is 12.7. The summed E-state index contributed by atoms with van der Waals surface area (Å²) >= 11 is 11.9. The van der Waals surface area contributed by atoms with Gasteiger partial charge >= 0.3 is 0 Å². The highest BCUT2D eigenvalue weighted by Crippen LogP contribution is 2.33. The van der Waals surface area contributed by atoms with Crippen molar-refractivity contribution in [3.8, 4) is 11.6 Å². The molecule has 4 nitrogen and oxygen atoms in total. The van der Waals surface area contributed by atoms with E-state index >= 15 is 0 Å². The number of hydrogen-bond acceptors (Lipinski definition) is 3. The first-order valence-corrected chi connectivity index (χ1v) is 5.76. The number of nitrogen functional groups attached to an aromatic ring is 1. The van der Waals surface area contributed by atoms with Gasteiger partial charge in [-0.15, -0.1) is 0 Å². The quantitative estimate of drug-likeness (QED) is 0.668. The van der Waals surface area contributed by atoms with Crippen LogP contribution in [0.4, 0.5) is 0 Å². The maximum absolute atomic E-state index is 7.25. The molecule has 3 N–H and O–H groups in total. The minimum atomic E-state index is -0.0464. The van der Waals surface area contributed by atoms with Crippen LogP contribution < -0.4 is 10.5 Å². The third-order valence-electron chi connectivity index (χ3n) is 2.18. The van der Waals surface area contributed by atoms with Crippen molar-refractivity contribution in [2.45, 2.75) is 0 Å². The van der Waals surface area contributed by atoms with Crippen LogP contribution in [0.25, 0.3) is 0 Å². The van der Waals surface area contributed by atoms with E-state index in [0.717, 1.165) is 0 Å². The van der Waals surface area contributed by atoms with Crippen molar-refractivity contribution >= 4 is 29.0 Å². The maximum atomic E-state index is 7.25. The highest BCUT2D eigenvalue weighted by Gasteiger charge is 2.07. The monoisotopic (exact) mass is 281 g/mol. The molecule has 1 aromatic heterocycles. The number of pyridine rings is 1. The minimum absolute atomic E-state index is 0.0464. The fourth-order valence-corrected chi connectivity index (χ4v) is 1.61. The van der Waals surface area contributed by atoms with Crippen molar-refractivity contribution in [1.82, 2.24) is 4.98 Å². The molecule has 0 unspecified atom stereocenters. The van der Waals surface area contributed by atoms with E-state index < -0.39 is 0 Å². The molecular formula is C12H9Cl2N3O. The maximum Gasteiger partial charge on any atom is 0.219 e. The molecule has 0 aliphatic carbocycles. The Labute approximate surface area is 114 Å². The Morgan fingerprint density at radius 3 is 2.61 bits per heavy atom. The summed E-state index contributed by atoms with van der Waals surface area (Å²) in [6.07, 6.45) is 1.45. The molecule has 0 saturated heterocycles. The summed E-state index contributed by atoms with van der Waals surface area (Å²) in [5.41, 5.74) is 5.85. The van der Waals surface area contributed by atoms with Crippen molar-refractivity contribution < 1.29 is 4.74 Å². The molecule has 0 spiro atoms. The summed E-state index contributed by atoms with van der Waals surface area (Å²) in [4.78, 5) is 4.02. The Hall–Kier alpha value is -1.78. The van der Waals surface area contributed by atoms with Crippen molar-refractivity contribution in [3.63, 3.8) is 0 Å². The third kappa shape index (κ3) is 2.72. The smallest absolute Gasteiger partial charge is 0.219 e. The van der Waals surface area contributed by atoms with Gasteiger partial charge in [-0.25, -0.2) is 4.98 Å². The van der Waals surface area contributed by atoms with Crippen molar-refractivity contribution in [2.24, 2.45) is 5.73 Å². The minimum Gasteiger partial charge on any atom is -0.437 e. The Kier molecular flexibility index (Phi) is 3.69. The number of benzene rings is 1. The Morgan fingerprint density at radius 1 is 1.22 bits per heavy atom. The molecule has 0 atom stereocenters. The molecule has 0 saturated carbocycles. The van der Waals surface area contributed by atoms with Gasteiger partial charge in [0.15, 0.2) is 0 Å². The molecule has 6 heteroatoms. The van der Waals surface area contributed by atoms with E-state index in [9.17, 15) is 0 Å². The highest BCUT2D eigenvalue weighted by molar-refractivity contribution is 6.42. The molecule has 0 bridgehead atoms. The van der Waals surface area contributed by atoms with Gasteiger partial charge in [-0.05, 0) is 18.2 Å². The number of aromatic nitrogens is 1. The molecule has 1 heterocycles. The lowest BCUT2D eigenvalue weighted by atomic mass is 10.3. The fraction of sp³-hybridized carbons (Fsp3) is 0. The first-order valence-electron chi connectivity index (χ1n) is 5.00. The second-order valence-corrected chi connectivity index (χ2v) is 4.24. The van der Waals surface area contributed by atoms with Gasteiger partial charge in [0.05, 0.1) is 5.02 Å². The summed E-state index contributed by atoms with van der Waals surface area (Å²) < 4.78 is 5.49. The van der Waals surface area contributed by atoms with E-state index in [1.165, 1.54) is 6.20 Å². The lowest BCUT2D eigenvalue weighted by Crippen LogP contribution is -2.11. The molecular weight excluding hydrogens is 273 g/mol. The molecule has 0 aliphatic rings. The average Bonchev–Trinajstić information content (AvgIpc) is 2.36. The number of amidine groups is 1. The second kappa shape index (κ2) is 5.25. The average molecular weight is 282 g/mol. The predicted octanol–water partition coefficient (Wildman–Crippen LogP) is 3.46. The largest absolute Gasteiger partial charge is 0.437 e. The number of hydrogen-bond donors (Lipinski definition) is 2. The van der Waals surface area contributed by atoms with E-state index in [-0.39, 0.29) is 5.84 Å². The number of nitrogens with two attached hydrogens (primary N) is 1. The van der Waals surface area contributed by atoms with Gasteiger partial charge in [0, 0.05) is 17.8 Å². The number of halogens is 2. The molecule has 0 amide bonds.